The second-order valence-electron chi connectivity index (χ2n) is 7.86. The highest BCUT2D eigenvalue weighted by Gasteiger charge is 2.28. The van der Waals surface area contributed by atoms with Crippen molar-refractivity contribution in [2.24, 2.45) is 5.73 Å². The van der Waals surface area contributed by atoms with E-state index in [0.717, 1.165) is 50.5 Å². The maximum Gasteiger partial charge on any atom is 0.123 e. The zero-order valence-electron chi connectivity index (χ0n) is 16.0. The van der Waals surface area contributed by atoms with E-state index in [1.54, 1.807) is 6.07 Å². The van der Waals surface area contributed by atoms with Crippen LogP contribution in [0.4, 0.5) is 15.9 Å². The Morgan fingerprint density at radius 2 is 2.07 bits per heavy atom. The van der Waals surface area contributed by atoms with Crippen molar-refractivity contribution in [2.45, 2.75) is 32.0 Å². The molecule has 0 radical (unpaired) electrons. The lowest BCUT2D eigenvalue weighted by Crippen LogP contribution is -2.43. The van der Waals surface area contributed by atoms with Crippen LogP contribution in [0.25, 0.3) is 0 Å². The Kier molecular flexibility index (Phi) is 5.05. The number of nitrogens with zero attached hydrogens (tertiary/aromatic N) is 4. The van der Waals surface area contributed by atoms with Crippen molar-refractivity contribution in [3.8, 4) is 0 Å². The van der Waals surface area contributed by atoms with Crippen molar-refractivity contribution in [2.75, 3.05) is 43.7 Å². The van der Waals surface area contributed by atoms with Gasteiger partial charge in [0.05, 0.1) is 24.6 Å². The van der Waals surface area contributed by atoms with E-state index in [2.05, 4.69) is 39.4 Å². The summed E-state index contributed by atoms with van der Waals surface area (Å²) in [6.07, 6.45) is 2.16. The zero-order valence-corrected chi connectivity index (χ0v) is 16.7. The van der Waals surface area contributed by atoms with Crippen LogP contribution in [0.2, 0.25) is 5.02 Å². The van der Waals surface area contributed by atoms with Crippen LogP contribution >= 0.6 is 11.6 Å². The summed E-state index contributed by atoms with van der Waals surface area (Å²) in [4.78, 5) is 6.90. The molecule has 2 aromatic rings. The van der Waals surface area contributed by atoms with Gasteiger partial charge in [0, 0.05) is 43.8 Å². The molecule has 0 amide bonds. The molecule has 2 N–H and O–H groups in total. The van der Waals surface area contributed by atoms with Crippen LogP contribution in [0.15, 0.2) is 24.3 Å². The molecule has 0 aliphatic carbocycles. The number of piperidine rings is 1. The zero-order chi connectivity index (χ0) is 19.1. The Balaban J connectivity index is 1.78. The van der Waals surface area contributed by atoms with E-state index < -0.39 is 0 Å². The fourth-order valence-corrected chi connectivity index (χ4v) is 4.47. The molecule has 2 aliphatic heterocycles. The van der Waals surface area contributed by atoms with Crippen LogP contribution in [0.1, 0.15) is 24.1 Å². The Labute approximate surface area is 165 Å². The minimum absolute atomic E-state index is 0.192. The van der Waals surface area contributed by atoms with Gasteiger partial charge < -0.3 is 20.1 Å². The molecule has 3 heterocycles. The van der Waals surface area contributed by atoms with Gasteiger partial charge in [0.15, 0.2) is 0 Å². The van der Waals surface area contributed by atoms with Gasteiger partial charge in [-0.2, -0.15) is 0 Å². The topological polar surface area (TPSA) is 40.7 Å². The number of hydrogen-bond acceptors (Lipinski definition) is 4. The van der Waals surface area contributed by atoms with E-state index in [1.165, 1.54) is 23.5 Å². The molecule has 1 fully saturated rings. The van der Waals surface area contributed by atoms with Crippen molar-refractivity contribution < 1.29 is 4.39 Å². The highest BCUT2D eigenvalue weighted by molar-refractivity contribution is 6.31. The van der Waals surface area contributed by atoms with E-state index in [0.29, 0.717) is 11.6 Å². The van der Waals surface area contributed by atoms with Crippen LogP contribution in [-0.4, -0.2) is 49.4 Å². The fourth-order valence-electron chi connectivity index (χ4n) is 4.29. The molecule has 2 aliphatic rings. The summed E-state index contributed by atoms with van der Waals surface area (Å²) in [5.74, 6) is 0.892. The fraction of sp³-hybridized carbons (Fsp3) is 0.500. The van der Waals surface area contributed by atoms with Gasteiger partial charge >= 0.3 is 0 Å². The summed E-state index contributed by atoms with van der Waals surface area (Å²) in [7, 11) is 4.22. The minimum Gasteiger partial charge on any atom is -0.360 e. The van der Waals surface area contributed by atoms with Crippen LogP contribution in [-0.2, 0) is 13.1 Å². The molecule has 1 atom stereocenters. The molecule has 146 valence electrons. The lowest BCUT2D eigenvalue weighted by Gasteiger charge is -2.34. The first-order chi connectivity index (χ1) is 12.9. The number of aromatic nitrogens is 1. The molecule has 1 aromatic carbocycles. The third kappa shape index (κ3) is 3.66. The molecule has 0 saturated carbocycles. The molecular formula is C20H27ClFN5. The normalized spacial score (nSPS) is 20.9. The molecule has 4 rings (SSSR count). The third-order valence-electron chi connectivity index (χ3n) is 5.57. The van der Waals surface area contributed by atoms with E-state index in [-0.39, 0.29) is 11.9 Å². The van der Waals surface area contributed by atoms with E-state index >= 15 is 0 Å². The van der Waals surface area contributed by atoms with Gasteiger partial charge in [-0.25, -0.2) is 4.39 Å². The smallest absolute Gasteiger partial charge is 0.123 e. The third-order valence-corrected chi connectivity index (χ3v) is 5.94. The van der Waals surface area contributed by atoms with E-state index in [1.807, 2.05) is 0 Å². The van der Waals surface area contributed by atoms with E-state index in [9.17, 15) is 4.39 Å². The lowest BCUT2D eigenvalue weighted by atomic mass is 10.1. The number of anilines is 2. The Bertz CT molecular complexity index is 836. The highest BCUT2D eigenvalue weighted by Crippen LogP contribution is 2.36. The molecule has 1 saturated heterocycles. The van der Waals surface area contributed by atoms with Crippen molar-refractivity contribution in [3.63, 3.8) is 0 Å². The van der Waals surface area contributed by atoms with Gasteiger partial charge in [-0.3, -0.25) is 4.90 Å². The molecule has 0 bridgehead atoms. The van der Waals surface area contributed by atoms with Gasteiger partial charge in [-0.05, 0) is 43.7 Å². The quantitative estimate of drug-likeness (QED) is 0.872. The summed E-state index contributed by atoms with van der Waals surface area (Å²) < 4.78 is 16.1. The highest BCUT2D eigenvalue weighted by atomic mass is 35.5. The molecule has 27 heavy (non-hydrogen) atoms. The van der Waals surface area contributed by atoms with Crippen molar-refractivity contribution >= 4 is 23.1 Å². The predicted octanol–water partition coefficient (Wildman–Crippen LogP) is 3.10. The van der Waals surface area contributed by atoms with Crippen molar-refractivity contribution in [1.29, 1.82) is 0 Å². The van der Waals surface area contributed by atoms with Crippen LogP contribution < -0.4 is 15.5 Å². The molecule has 5 nitrogen and oxygen atoms in total. The summed E-state index contributed by atoms with van der Waals surface area (Å²) in [5, 5.41) is 0.595. The summed E-state index contributed by atoms with van der Waals surface area (Å²) in [5.41, 5.74) is 9.51. The van der Waals surface area contributed by atoms with Crippen LogP contribution in [0, 0.1) is 5.82 Å². The van der Waals surface area contributed by atoms with Gasteiger partial charge in [0.2, 0.25) is 0 Å². The maximum atomic E-state index is 13.8. The second-order valence-corrected chi connectivity index (χ2v) is 8.27. The minimum atomic E-state index is -0.258. The second kappa shape index (κ2) is 7.34. The SMILES string of the molecule is CN1Cc2c(cc(N3CCC[C@@H](N)C3)n2Cc2cc(F)ccc2Cl)N(C)C1. The molecule has 0 unspecified atom stereocenters. The van der Waals surface area contributed by atoms with Gasteiger partial charge in [0.25, 0.3) is 0 Å². The molecule has 7 heteroatoms. The van der Waals surface area contributed by atoms with E-state index in [4.69, 9.17) is 17.3 Å². The Morgan fingerprint density at radius 3 is 2.85 bits per heavy atom. The Morgan fingerprint density at radius 1 is 1.26 bits per heavy atom. The molecular weight excluding hydrogens is 365 g/mol. The van der Waals surface area contributed by atoms with Crippen molar-refractivity contribution in [1.82, 2.24) is 9.47 Å². The average Bonchev–Trinajstić information content (AvgIpc) is 2.97. The maximum absolute atomic E-state index is 13.8. The van der Waals surface area contributed by atoms with Gasteiger partial charge in [-0.15, -0.1) is 0 Å². The first-order valence-electron chi connectivity index (χ1n) is 9.49. The summed E-state index contributed by atoms with van der Waals surface area (Å²) in [6, 6.07) is 7.03. The first-order valence-corrected chi connectivity index (χ1v) is 9.86. The Hall–Kier alpha value is -1.76. The number of fused-ring (bicyclic) bond motifs is 1. The number of rotatable bonds is 3. The summed E-state index contributed by atoms with van der Waals surface area (Å²) >= 11 is 6.38. The molecule has 1 aromatic heterocycles. The largest absolute Gasteiger partial charge is 0.360 e. The number of hydrogen-bond donors (Lipinski definition) is 1. The first kappa shape index (κ1) is 18.6. The number of benzene rings is 1. The number of halogens is 2. The average molecular weight is 392 g/mol. The van der Waals surface area contributed by atoms with Gasteiger partial charge in [0.1, 0.15) is 11.6 Å². The monoisotopic (exact) mass is 391 g/mol. The van der Waals surface area contributed by atoms with Crippen molar-refractivity contribution in [3.05, 3.63) is 46.4 Å². The number of nitrogens with two attached hydrogens (primary N) is 1. The lowest BCUT2D eigenvalue weighted by molar-refractivity contribution is 0.306. The van der Waals surface area contributed by atoms with Gasteiger partial charge in [-0.1, -0.05) is 11.6 Å². The summed E-state index contributed by atoms with van der Waals surface area (Å²) in [6.45, 7) is 4.13. The van der Waals surface area contributed by atoms with Crippen LogP contribution in [0.5, 0.6) is 0 Å². The molecule has 0 spiro atoms. The predicted molar refractivity (Wildman–Crippen MR) is 109 cm³/mol. The standard InChI is InChI=1S/C20H27ClFN5/c1-24-12-19-18(25(2)13-24)9-20(26-7-3-4-16(23)11-26)27(19)10-14-8-15(22)5-6-17(14)21/h5-6,8-9,16H,3-4,7,10-13,23H2,1-2H3/t16-/m1/s1. The van der Waals surface area contributed by atoms with Crippen LogP contribution in [0.3, 0.4) is 0 Å².